The first-order chi connectivity index (χ1) is 12.5. The van der Waals surface area contributed by atoms with E-state index >= 15 is 0 Å². The van der Waals surface area contributed by atoms with Gasteiger partial charge in [0.05, 0.1) is 5.69 Å². The lowest BCUT2D eigenvalue weighted by atomic mass is 10.1. The van der Waals surface area contributed by atoms with Crippen LogP contribution in [0.25, 0.3) is 0 Å². The lowest BCUT2D eigenvalue weighted by molar-refractivity contribution is -0.127. The van der Waals surface area contributed by atoms with E-state index in [9.17, 15) is 14.4 Å². The number of aryl methyl sites for hydroxylation is 1. The van der Waals surface area contributed by atoms with Crippen molar-refractivity contribution in [3.8, 4) is 5.75 Å². The summed E-state index contributed by atoms with van der Waals surface area (Å²) in [5.74, 6) is 0.650. The van der Waals surface area contributed by atoms with Crippen LogP contribution in [0.4, 0.5) is 5.69 Å². The van der Waals surface area contributed by atoms with E-state index in [0.29, 0.717) is 31.8 Å². The van der Waals surface area contributed by atoms with Crippen LogP contribution in [-0.4, -0.2) is 55.4 Å². The average molecular weight is 359 g/mol. The van der Waals surface area contributed by atoms with Crippen molar-refractivity contribution in [2.24, 2.45) is 0 Å². The standard InChI is InChI=1S/C19H25N3O4/c1-14-5-6-16-15(12-14)22(19(25)13-26-16)11-7-17(23)20-8-3-10-21-9-2-4-18(21)24/h5-6,12H,2-4,7-11,13H2,1H3,(H,20,23). The molecule has 7 nitrogen and oxygen atoms in total. The number of fused-ring (bicyclic) bond motifs is 1. The van der Waals surface area contributed by atoms with Crippen molar-refractivity contribution in [1.82, 2.24) is 10.2 Å². The first kappa shape index (κ1) is 18.2. The number of anilines is 1. The molecule has 0 atom stereocenters. The first-order valence-electron chi connectivity index (χ1n) is 9.13. The number of hydrogen-bond donors (Lipinski definition) is 1. The van der Waals surface area contributed by atoms with Gasteiger partial charge in [-0.1, -0.05) is 6.07 Å². The Morgan fingerprint density at radius 1 is 1.23 bits per heavy atom. The Kier molecular flexibility index (Phi) is 5.75. The molecule has 0 aromatic heterocycles. The summed E-state index contributed by atoms with van der Waals surface area (Å²) in [5, 5.41) is 2.87. The van der Waals surface area contributed by atoms with E-state index in [4.69, 9.17) is 4.74 Å². The number of ether oxygens (including phenoxy) is 1. The highest BCUT2D eigenvalue weighted by Crippen LogP contribution is 2.32. The number of carbonyl (C=O) groups excluding carboxylic acids is 3. The van der Waals surface area contributed by atoms with Gasteiger partial charge in [0.25, 0.3) is 5.91 Å². The van der Waals surface area contributed by atoms with Crippen LogP contribution in [0.3, 0.4) is 0 Å². The number of nitrogens with zero attached hydrogens (tertiary/aromatic N) is 2. The van der Waals surface area contributed by atoms with Gasteiger partial charge in [-0.15, -0.1) is 0 Å². The Morgan fingerprint density at radius 2 is 2.08 bits per heavy atom. The molecule has 0 saturated carbocycles. The van der Waals surface area contributed by atoms with Crippen LogP contribution in [0.2, 0.25) is 0 Å². The number of nitrogens with one attached hydrogen (secondary N) is 1. The minimum atomic E-state index is -0.136. The number of carbonyl (C=O) groups is 3. The van der Waals surface area contributed by atoms with Crippen LogP contribution < -0.4 is 15.0 Å². The topological polar surface area (TPSA) is 79.0 Å². The highest BCUT2D eigenvalue weighted by Gasteiger charge is 2.26. The van der Waals surface area contributed by atoms with E-state index < -0.39 is 0 Å². The molecule has 0 spiro atoms. The van der Waals surface area contributed by atoms with Crippen molar-refractivity contribution >= 4 is 23.4 Å². The molecular formula is C19H25N3O4. The molecule has 7 heteroatoms. The zero-order chi connectivity index (χ0) is 18.5. The molecule has 26 heavy (non-hydrogen) atoms. The molecule has 0 radical (unpaired) electrons. The van der Waals surface area contributed by atoms with E-state index in [1.807, 2.05) is 30.0 Å². The van der Waals surface area contributed by atoms with Crippen LogP contribution in [-0.2, 0) is 14.4 Å². The third-order valence-corrected chi connectivity index (χ3v) is 4.72. The predicted molar refractivity (Wildman–Crippen MR) is 97.1 cm³/mol. The first-order valence-corrected chi connectivity index (χ1v) is 9.13. The fourth-order valence-electron chi connectivity index (χ4n) is 3.30. The zero-order valence-electron chi connectivity index (χ0n) is 15.1. The van der Waals surface area contributed by atoms with Crippen LogP contribution in [0, 0.1) is 6.92 Å². The van der Waals surface area contributed by atoms with Crippen molar-refractivity contribution in [3.63, 3.8) is 0 Å². The lowest BCUT2D eigenvalue weighted by Gasteiger charge is -2.29. The Labute approximate surface area is 153 Å². The fraction of sp³-hybridized carbons (Fsp3) is 0.526. The van der Waals surface area contributed by atoms with Gasteiger partial charge in [-0.3, -0.25) is 14.4 Å². The van der Waals surface area contributed by atoms with Crippen molar-refractivity contribution in [3.05, 3.63) is 23.8 Å². The summed E-state index contributed by atoms with van der Waals surface area (Å²) in [4.78, 5) is 39.2. The molecule has 2 aliphatic rings. The maximum atomic E-state index is 12.2. The third kappa shape index (κ3) is 4.33. The highest BCUT2D eigenvalue weighted by atomic mass is 16.5. The largest absolute Gasteiger partial charge is 0.482 e. The van der Waals surface area contributed by atoms with Gasteiger partial charge in [-0.25, -0.2) is 0 Å². The molecule has 0 bridgehead atoms. The average Bonchev–Trinajstić information content (AvgIpc) is 3.03. The molecule has 0 unspecified atom stereocenters. The maximum Gasteiger partial charge on any atom is 0.265 e. The van der Waals surface area contributed by atoms with Crippen LogP contribution in [0.1, 0.15) is 31.2 Å². The van der Waals surface area contributed by atoms with Gasteiger partial charge in [-0.05, 0) is 37.5 Å². The van der Waals surface area contributed by atoms with E-state index in [0.717, 1.165) is 30.6 Å². The second kappa shape index (κ2) is 8.21. The molecule has 1 fully saturated rings. The SMILES string of the molecule is Cc1ccc2c(c1)N(CCC(=O)NCCCN1CCCC1=O)C(=O)CO2. The summed E-state index contributed by atoms with van der Waals surface area (Å²) in [6.07, 6.45) is 2.55. The summed E-state index contributed by atoms with van der Waals surface area (Å²) in [7, 11) is 0. The minimum Gasteiger partial charge on any atom is -0.482 e. The smallest absolute Gasteiger partial charge is 0.265 e. The molecule has 140 valence electrons. The predicted octanol–water partition coefficient (Wildman–Crippen LogP) is 1.24. The van der Waals surface area contributed by atoms with Crippen LogP contribution >= 0.6 is 0 Å². The second-order valence-electron chi connectivity index (χ2n) is 6.74. The molecule has 0 aliphatic carbocycles. The molecule has 3 amide bonds. The normalized spacial score (nSPS) is 16.5. The van der Waals surface area contributed by atoms with Gasteiger partial charge in [-0.2, -0.15) is 0 Å². The van der Waals surface area contributed by atoms with E-state index in [1.165, 1.54) is 0 Å². The van der Waals surface area contributed by atoms with E-state index in [2.05, 4.69) is 5.32 Å². The minimum absolute atomic E-state index is 0.00153. The van der Waals surface area contributed by atoms with Crippen molar-refractivity contribution in [1.29, 1.82) is 0 Å². The summed E-state index contributed by atoms with van der Waals surface area (Å²) in [6.45, 7) is 4.33. The van der Waals surface area contributed by atoms with Gasteiger partial charge in [0.15, 0.2) is 6.61 Å². The number of likely N-dealkylation sites (tertiary alicyclic amines) is 1. The number of hydrogen-bond acceptors (Lipinski definition) is 4. The molecular weight excluding hydrogens is 334 g/mol. The lowest BCUT2D eigenvalue weighted by Crippen LogP contribution is -2.41. The van der Waals surface area contributed by atoms with Crippen LogP contribution in [0.15, 0.2) is 18.2 Å². The number of amides is 3. The monoisotopic (exact) mass is 359 g/mol. The van der Waals surface area contributed by atoms with Crippen molar-refractivity contribution < 1.29 is 19.1 Å². The molecule has 2 aliphatic heterocycles. The number of benzene rings is 1. The third-order valence-electron chi connectivity index (χ3n) is 4.72. The Morgan fingerprint density at radius 3 is 2.85 bits per heavy atom. The van der Waals surface area contributed by atoms with E-state index in [-0.39, 0.29) is 30.7 Å². The molecule has 1 aromatic carbocycles. The molecule has 1 N–H and O–H groups in total. The van der Waals surface area contributed by atoms with Crippen molar-refractivity contribution in [2.45, 2.75) is 32.6 Å². The van der Waals surface area contributed by atoms with Gasteiger partial charge in [0.1, 0.15) is 5.75 Å². The molecule has 3 rings (SSSR count). The number of rotatable bonds is 7. The van der Waals surface area contributed by atoms with Gasteiger partial charge in [0, 0.05) is 39.0 Å². The zero-order valence-corrected chi connectivity index (χ0v) is 15.1. The van der Waals surface area contributed by atoms with Gasteiger partial charge >= 0.3 is 0 Å². The van der Waals surface area contributed by atoms with E-state index in [1.54, 1.807) is 4.90 Å². The summed E-state index contributed by atoms with van der Waals surface area (Å²) < 4.78 is 5.44. The van der Waals surface area contributed by atoms with Crippen LogP contribution in [0.5, 0.6) is 5.75 Å². The quantitative estimate of drug-likeness (QED) is 0.743. The fourth-order valence-corrected chi connectivity index (χ4v) is 3.30. The van der Waals surface area contributed by atoms with Crippen molar-refractivity contribution in [2.75, 3.05) is 37.7 Å². The molecule has 1 saturated heterocycles. The Hall–Kier alpha value is -2.57. The summed E-state index contributed by atoms with van der Waals surface area (Å²) >= 11 is 0. The van der Waals surface area contributed by atoms with Gasteiger partial charge < -0.3 is 19.9 Å². The summed E-state index contributed by atoms with van der Waals surface area (Å²) in [6, 6.07) is 5.69. The highest BCUT2D eigenvalue weighted by molar-refractivity contribution is 5.98. The summed E-state index contributed by atoms with van der Waals surface area (Å²) in [5.41, 5.74) is 1.76. The Bertz CT molecular complexity index is 704. The Balaban J connectivity index is 1.43. The second-order valence-corrected chi connectivity index (χ2v) is 6.74. The molecule has 2 heterocycles. The van der Waals surface area contributed by atoms with Gasteiger partial charge in [0.2, 0.25) is 11.8 Å². The maximum absolute atomic E-state index is 12.2. The molecule has 1 aromatic rings.